The maximum Gasteiger partial charge on any atom is 0.264 e. The summed E-state index contributed by atoms with van der Waals surface area (Å²) in [6.07, 6.45) is 6.09. The van der Waals surface area contributed by atoms with E-state index in [1.165, 1.54) is 25.3 Å². The largest absolute Gasteiger partial charge is 0.495 e. The standard InChI is InChI=1S/C22H26ClN3O4S/c1-30-21-14-13-17(23)15-20(21)26(31(28,29)19-11-7-4-8-12-19)16-22(27)25-24-18-9-5-2-3-6-10-18/h4,7-8,11-15H,2-3,5-6,9-10,16H2,1H3,(H,25,27). The summed E-state index contributed by atoms with van der Waals surface area (Å²) < 4.78 is 33.2. The summed E-state index contributed by atoms with van der Waals surface area (Å²) in [6, 6.07) is 12.5. The minimum Gasteiger partial charge on any atom is -0.495 e. The molecule has 0 bridgehead atoms. The Bertz CT molecular complexity index is 1030. The van der Waals surface area contributed by atoms with Crippen molar-refractivity contribution in [2.75, 3.05) is 18.0 Å². The van der Waals surface area contributed by atoms with Crippen LogP contribution in [0.15, 0.2) is 58.5 Å². The molecule has 2 aromatic carbocycles. The number of nitrogens with zero attached hydrogens (tertiary/aromatic N) is 2. The minimum absolute atomic E-state index is 0.0555. The van der Waals surface area contributed by atoms with Crippen molar-refractivity contribution in [3.8, 4) is 5.75 Å². The van der Waals surface area contributed by atoms with Crippen molar-refractivity contribution in [1.29, 1.82) is 0 Å². The molecule has 0 saturated heterocycles. The summed E-state index contributed by atoms with van der Waals surface area (Å²) in [5, 5.41) is 4.57. The van der Waals surface area contributed by atoms with E-state index in [2.05, 4.69) is 10.5 Å². The number of hydrazone groups is 1. The Morgan fingerprint density at radius 1 is 1.10 bits per heavy atom. The summed E-state index contributed by atoms with van der Waals surface area (Å²) >= 11 is 6.13. The molecule has 31 heavy (non-hydrogen) atoms. The third kappa shape index (κ3) is 5.98. The van der Waals surface area contributed by atoms with Gasteiger partial charge in [-0.1, -0.05) is 42.6 Å². The molecular formula is C22H26ClN3O4S. The van der Waals surface area contributed by atoms with Crippen molar-refractivity contribution in [3.63, 3.8) is 0 Å². The van der Waals surface area contributed by atoms with Gasteiger partial charge in [-0.15, -0.1) is 0 Å². The molecule has 0 radical (unpaired) electrons. The van der Waals surface area contributed by atoms with Crippen LogP contribution < -0.4 is 14.5 Å². The third-order valence-electron chi connectivity index (χ3n) is 5.05. The average molecular weight is 464 g/mol. The number of rotatable bonds is 7. The van der Waals surface area contributed by atoms with Crippen LogP contribution in [0.4, 0.5) is 5.69 Å². The average Bonchev–Trinajstić information content (AvgIpc) is 3.05. The molecule has 1 amide bonds. The zero-order valence-electron chi connectivity index (χ0n) is 17.4. The van der Waals surface area contributed by atoms with Gasteiger partial charge in [0.15, 0.2) is 0 Å². The summed E-state index contributed by atoms with van der Waals surface area (Å²) in [5.41, 5.74) is 3.64. The normalized spacial score (nSPS) is 14.5. The number of hydrogen-bond acceptors (Lipinski definition) is 5. The first kappa shape index (κ1) is 23.1. The quantitative estimate of drug-likeness (QED) is 0.487. The first-order valence-corrected chi connectivity index (χ1v) is 12.0. The highest BCUT2D eigenvalue weighted by atomic mass is 35.5. The number of ether oxygens (including phenoxy) is 1. The number of methoxy groups -OCH3 is 1. The van der Waals surface area contributed by atoms with Crippen LogP contribution in [-0.2, 0) is 14.8 Å². The van der Waals surface area contributed by atoms with Gasteiger partial charge in [0.05, 0.1) is 17.7 Å². The Labute approximate surface area is 188 Å². The second-order valence-electron chi connectivity index (χ2n) is 7.27. The summed E-state index contributed by atoms with van der Waals surface area (Å²) in [6.45, 7) is -0.468. The van der Waals surface area contributed by atoms with Crippen LogP contribution in [0, 0.1) is 0 Å². The first-order chi connectivity index (χ1) is 14.9. The van der Waals surface area contributed by atoms with Gasteiger partial charge >= 0.3 is 0 Å². The highest BCUT2D eigenvalue weighted by Crippen LogP contribution is 2.34. The molecule has 1 saturated carbocycles. The maximum atomic E-state index is 13.4. The minimum atomic E-state index is -4.06. The number of carbonyl (C=O) groups is 1. The molecule has 0 aliphatic heterocycles. The van der Waals surface area contributed by atoms with Gasteiger partial charge in [0.25, 0.3) is 15.9 Å². The zero-order chi connectivity index (χ0) is 22.3. The molecule has 1 fully saturated rings. The third-order valence-corrected chi connectivity index (χ3v) is 7.06. The van der Waals surface area contributed by atoms with Gasteiger partial charge in [0.2, 0.25) is 0 Å². The molecule has 0 spiro atoms. The molecule has 0 heterocycles. The molecular weight excluding hydrogens is 438 g/mol. The number of nitrogens with one attached hydrogen (secondary N) is 1. The Hall–Kier alpha value is -2.58. The molecule has 1 aliphatic carbocycles. The van der Waals surface area contributed by atoms with E-state index >= 15 is 0 Å². The van der Waals surface area contributed by atoms with Crippen LogP contribution in [0.5, 0.6) is 5.75 Å². The summed E-state index contributed by atoms with van der Waals surface area (Å²) in [7, 11) is -2.63. The van der Waals surface area contributed by atoms with E-state index < -0.39 is 22.5 Å². The van der Waals surface area contributed by atoms with Crippen LogP contribution in [-0.4, -0.2) is 33.7 Å². The molecule has 3 rings (SSSR count). The van der Waals surface area contributed by atoms with E-state index in [0.29, 0.717) is 5.02 Å². The molecule has 1 aliphatic rings. The van der Waals surface area contributed by atoms with E-state index in [-0.39, 0.29) is 16.3 Å². The fourth-order valence-corrected chi connectivity index (χ4v) is 5.04. The smallest absolute Gasteiger partial charge is 0.264 e. The van der Waals surface area contributed by atoms with Gasteiger partial charge in [-0.25, -0.2) is 13.8 Å². The molecule has 9 heteroatoms. The Morgan fingerprint density at radius 2 is 1.77 bits per heavy atom. The number of sulfonamides is 1. The van der Waals surface area contributed by atoms with Gasteiger partial charge < -0.3 is 4.74 Å². The second-order valence-corrected chi connectivity index (χ2v) is 9.57. The molecule has 0 aromatic heterocycles. The SMILES string of the molecule is COc1ccc(Cl)cc1N(CC(=O)NN=C1CCCCCC1)S(=O)(=O)c1ccccc1. The molecule has 2 aromatic rings. The lowest BCUT2D eigenvalue weighted by Crippen LogP contribution is -2.40. The molecule has 0 atom stereocenters. The highest BCUT2D eigenvalue weighted by molar-refractivity contribution is 7.92. The zero-order valence-corrected chi connectivity index (χ0v) is 19.0. The Kier molecular flexibility index (Phi) is 7.92. The van der Waals surface area contributed by atoms with Crippen LogP contribution in [0.25, 0.3) is 0 Å². The van der Waals surface area contributed by atoms with Crippen LogP contribution in [0.2, 0.25) is 5.02 Å². The summed E-state index contributed by atoms with van der Waals surface area (Å²) in [4.78, 5) is 12.8. The molecule has 166 valence electrons. The predicted molar refractivity (Wildman–Crippen MR) is 122 cm³/mol. The molecule has 1 N–H and O–H groups in total. The van der Waals surface area contributed by atoms with Gasteiger partial charge in [0.1, 0.15) is 12.3 Å². The van der Waals surface area contributed by atoms with Gasteiger partial charge in [0, 0.05) is 10.7 Å². The number of anilines is 1. The number of halogens is 1. The van der Waals surface area contributed by atoms with Crippen molar-refractivity contribution < 1.29 is 17.9 Å². The Morgan fingerprint density at radius 3 is 2.42 bits per heavy atom. The second kappa shape index (κ2) is 10.6. The number of amides is 1. The number of carbonyl (C=O) groups excluding carboxylic acids is 1. The maximum absolute atomic E-state index is 13.4. The van der Waals surface area contributed by atoms with Gasteiger partial charge in [-0.3, -0.25) is 9.10 Å². The first-order valence-electron chi connectivity index (χ1n) is 10.2. The van der Waals surface area contributed by atoms with Crippen molar-refractivity contribution in [2.24, 2.45) is 5.10 Å². The summed E-state index contributed by atoms with van der Waals surface area (Å²) in [5.74, 6) is -0.259. The fourth-order valence-electron chi connectivity index (χ4n) is 3.43. The molecule has 7 nitrogen and oxygen atoms in total. The van der Waals surface area contributed by atoms with E-state index in [0.717, 1.165) is 48.5 Å². The Balaban J connectivity index is 1.92. The van der Waals surface area contributed by atoms with E-state index in [4.69, 9.17) is 16.3 Å². The van der Waals surface area contributed by atoms with Crippen molar-refractivity contribution >= 4 is 38.9 Å². The van der Waals surface area contributed by atoms with Crippen LogP contribution in [0.1, 0.15) is 38.5 Å². The van der Waals surface area contributed by atoms with E-state index in [1.54, 1.807) is 30.3 Å². The van der Waals surface area contributed by atoms with Crippen LogP contribution in [0.3, 0.4) is 0 Å². The fraction of sp³-hybridized carbons (Fsp3) is 0.364. The monoisotopic (exact) mass is 463 g/mol. The molecule has 0 unspecified atom stereocenters. The lowest BCUT2D eigenvalue weighted by molar-refractivity contribution is -0.119. The number of benzene rings is 2. The van der Waals surface area contributed by atoms with E-state index in [9.17, 15) is 13.2 Å². The lowest BCUT2D eigenvalue weighted by atomic mass is 10.2. The predicted octanol–water partition coefficient (Wildman–Crippen LogP) is 4.37. The van der Waals surface area contributed by atoms with Crippen molar-refractivity contribution in [1.82, 2.24) is 5.43 Å². The van der Waals surface area contributed by atoms with E-state index in [1.807, 2.05) is 0 Å². The van der Waals surface area contributed by atoms with Crippen molar-refractivity contribution in [3.05, 3.63) is 53.6 Å². The van der Waals surface area contributed by atoms with Gasteiger partial charge in [-0.2, -0.15) is 5.10 Å². The number of hydrogen-bond donors (Lipinski definition) is 1. The highest BCUT2D eigenvalue weighted by Gasteiger charge is 2.29. The van der Waals surface area contributed by atoms with Crippen LogP contribution >= 0.6 is 11.6 Å². The topological polar surface area (TPSA) is 88.1 Å². The van der Waals surface area contributed by atoms with Gasteiger partial charge in [-0.05, 0) is 56.0 Å². The van der Waals surface area contributed by atoms with Crippen molar-refractivity contribution in [2.45, 2.75) is 43.4 Å². The lowest BCUT2D eigenvalue weighted by Gasteiger charge is -2.25.